The van der Waals surface area contributed by atoms with Gasteiger partial charge in [-0.05, 0) is 56.1 Å². The van der Waals surface area contributed by atoms with Gasteiger partial charge < -0.3 is 24.0 Å². The van der Waals surface area contributed by atoms with Crippen molar-refractivity contribution in [2.75, 3.05) is 48.0 Å². The number of carbonyl (C=O) groups excluding carboxylic acids is 1. The van der Waals surface area contributed by atoms with E-state index in [0.717, 1.165) is 60.2 Å². The SMILES string of the molecule is COCc1ccc(C(=O)N2CCC[C@@H](N(C)CCc3ccc(OC)c(OC)c3)C2)s1. The average molecular weight is 433 g/mol. The molecule has 7 heteroatoms. The Kier molecular flexibility index (Phi) is 8.13. The van der Waals surface area contributed by atoms with Gasteiger partial charge in [0.1, 0.15) is 0 Å². The Hall–Kier alpha value is -2.09. The van der Waals surface area contributed by atoms with Gasteiger partial charge >= 0.3 is 0 Å². The summed E-state index contributed by atoms with van der Waals surface area (Å²) >= 11 is 1.53. The first-order chi connectivity index (χ1) is 14.5. The van der Waals surface area contributed by atoms with Gasteiger partial charge in [-0.1, -0.05) is 6.07 Å². The predicted molar refractivity (Wildman–Crippen MR) is 120 cm³/mol. The molecule has 3 rings (SSSR count). The highest BCUT2D eigenvalue weighted by molar-refractivity contribution is 7.14. The fourth-order valence-electron chi connectivity index (χ4n) is 3.89. The molecule has 1 aliphatic heterocycles. The monoisotopic (exact) mass is 432 g/mol. The van der Waals surface area contributed by atoms with Crippen LogP contribution in [0.15, 0.2) is 30.3 Å². The molecule has 0 spiro atoms. The lowest BCUT2D eigenvalue weighted by Gasteiger charge is -2.37. The van der Waals surface area contributed by atoms with Crippen molar-refractivity contribution >= 4 is 17.2 Å². The van der Waals surface area contributed by atoms with E-state index in [2.05, 4.69) is 18.0 Å². The van der Waals surface area contributed by atoms with Gasteiger partial charge in [-0.2, -0.15) is 0 Å². The summed E-state index contributed by atoms with van der Waals surface area (Å²) in [6.45, 7) is 3.09. The summed E-state index contributed by atoms with van der Waals surface area (Å²) in [6, 6.07) is 10.4. The van der Waals surface area contributed by atoms with Gasteiger partial charge in [-0.25, -0.2) is 0 Å². The van der Waals surface area contributed by atoms with Crippen LogP contribution in [-0.2, 0) is 17.8 Å². The minimum atomic E-state index is 0.139. The van der Waals surface area contributed by atoms with Crippen LogP contribution >= 0.6 is 11.3 Å². The number of methoxy groups -OCH3 is 3. The Morgan fingerprint density at radius 3 is 2.70 bits per heavy atom. The number of benzene rings is 1. The molecule has 2 aromatic rings. The van der Waals surface area contributed by atoms with E-state index in [1.165, 1.54) is 16.9 Å². The Morgan fingerprint density at radius 1 is 1.17 bits per heavy atom. The Labute approximate surface area is 183 Å². The van der Waals surface area contributed by atoms with Crippen LogP contribution < -0.4 is 9.47 Å². The van der Waals surface area contributed by atoms with Crippen molar-refractivity contribution in [1.82, 2.24) is 9.80 Å². The molecule has 0 N–H and O–H groups in total. The van der Waals surface area contributed by atoms with Crippen LogP contribution in [0.5, 0.6) is 11.5 Å². The molecule has 1 aromatic heterocycles. The fourth-order valence-corrected chi connectivity index (χ4v) is 4.84. The molecule has 0 radical (unpaired) electrons. The number of rotatable bonds is 9. The molecule has 1 amide bonds. The van der Waals surface area contributed by atoms with E-state index in [1.54, 1.807) is 21.3 Å². The molecule has 30 heavy (non-hydrogen) atoms. The zero-order valence-corrected chi connectivity index (χ0v) is 19.2. The Bertz CT molecular complexity index is 838. The number of ether oxygens (including phenoxy) is 3. The van der Waals surface area contributed by atoms with Gasteiger partial charge in [-0.3, -0.25) is 4.79 Å². The zero-order chi connectivity index (χ0) is 21.5. The van der Waals surface area contributed by atoms with Gasteiger partial charge in [0.25, 0.3) is 5.91 Å². The molecule has 164 valence electrons. The maximum atomic E-state index is 12.9. The second-order valence-corrected chi connectivity index (χ2v) is 8.83. The van der Waals surface area contributed by atoms with Crippen LogP contribution in [0.1, 0.15) is 33.0 Å². The van der Waals surface area contributed by atoms with Crippen LogP contribution in [0, 0.1) is 0 Å². The van der Waals surface area contributed by atoms with E-state index in [-0.39, 0.29) is 5.91 Å². The zero-order valence-electron chi connectivity index (χ0n) is 18.3. The number of thiophene rings is 1. The van der Waals surface area contributed by atoms with Crippen molar-refractivity contribution in [2.24, 2.45) is 0 Å². The summed E-state index contributed by atoms with van der Waals surface area (Å²) in [5, 5.41) is 0. The smallest absolute Gasteiger partial charge is 0.263 e. The highest BCUT2D eigenvalue weighted by atomic mass is 32.1. The minimum absolute atomic E-state index is 0.139. The predicted octanol–water partition coefficient (Wildman–Crippen LogP) is 3.69. The lowest BCUT2D eigenvalue weighted by atomic mass is 10.0. The number of likely N-dealkylation sites (tertiary alicyclic amines) is 1. The van der Waals surface area contributed by atoms with Crippen molar-refractivity contribution in [3.05, 3.63) is 45.6 Å². The molecule has 2 heterocycles. The van der Waals surface area contributed by atoms with E-state index in [1.807, 2.05) is 29.2 Å². The van der Waals surface area contributed by atoms with E-state index < -0.39 is 0 Å². The quantitative estimate of drug-likeness (QED) is 0.605. The number of nitrogens with zero attached hydrogens (tertiary/aromatic N) is 2. The Balaban J connectivity index is 1.56. The van der Waals surface area contributed by atoms with Gasteiger partial charge in [0.05, 0.1) is 25.7 Å². The summed E-state index contributed by atoms with van der Waals surface area (Å²) < 4.78 is 15.9. The van der Waals surface area contributed by atoms with Crippen molar-refractivity contribution < 1.29 is 19.0 Å². The normalized spacial score (nSPS) is 16.7. The molecular weight excluding hydrogens is 400 g/mol. The van der Waals surface area contributed by atoms with Crippen LogP contribution in [0.2, 0.25) is 0 Å². The number of carbonyl (C=O) groups is 1. The molecule has 0 aliphatic carbocycles. The van der Waals surface area contributed by atoms with E-state index in [9.17, 15) is 4.79 Å². The van der Waals surface area contributed by atoms with Crippen LogP contribution in [-0.4, -0.2) is 69.8 Å². The molecule has 0 bridgehead atoms. The number of hydrogen-bond acceptors (Lipinski definition) is 6. The fraction of sp³-hybridized carbons (Fsp3) is 0.522. The number of likely N-dealkylation sites (N-methyl/N-ethyl adjacent to an activating group) is 1. The third-order valence-electron chi connectivity index (χ3n) is 5.67. The first-order valence-corrected chi connectivity index (χ1v) is 11.2. The number of hydrogen-bond donors (Lipinski definition) is 0. The van der Waals surface area contributed by atoms with E-state index in [4.69, 9.17) is 14.2 Å². The molecule has 0 saturated carbocycles. The first-order valence-electron chi connectivity index (χ1n) is 10.3. The van der Waals surface area contributed by atoms with Crippen molar-refractivity contribution in [2.45, 2.75) is 31.9 Å². The standard InChI is InChI=1S/C23H32N2O4S/c1-24(13-11-17-7-9-20(28-3)21(14-17)29-4)18-6-5-12-25(15-18)23(26)22-10-8-19(30-22)16-27-2/h7-10,14,18H,5-6,11-13,15-16H2,1-4H3/t18-/m1/s1. The topological polar surface area (TPSA) is 51.2 Å². The Morgan fingerprint density at radius 2 is 1.97 bits per heavy atom. The summed E-state index contributed by atoms with van der Waals surface area (Å²) in [5.41, 5.74) is 1.22. The molecule has 1 atom stereocenters. The summed E-state index contributed by atoms with van der Waals surface area (Å²) in [6.07, 6.45) is 3.07. The van der Waals surface area contributed by atoms with Crippen molar-refractivity contribution in [3.8, 4) is 11.5 Å². The van der Waals surface area contributed by atoms with Crippen molar-refractivity contribution in [3.63, 3.8) is 0 Å². The maximum absolute atomic E-state index is 12.9. The van der Waals surface area contributed by atoms with Crippen molar-refractivity contribution in [1.29, 1.82) is 0 Å². The minimum Gasteiger partial charge on any atom is -0.493 e. The van der Waals surface area contributed by atoms with Gasteiger partial charge in [-0.15, -0.1) is 11.3 Å². The van der Waals surface area contributed by atoms with Gasteiger partial charge in [0, 0.05) is 37.7 Å². The highest BCUT2D eigenvalue weighted by Crippen LogP contribution is 2.28. The summed E-state index contributed by atoms with van der Waals surface area (Å²) in [5.74, 6) is 1.65. The van der Waals surface area contributed by atoms with E-state index in [0.29, 0.717) is 12.6 Å². The summed E-state index contributed by atoms with van der Waals surface area (Å²) in [7, 11) is 7.14. The number of piperidine rings is 1. The molecule has 1 fully saturated rings. The third kappa shape index (κ3) is 5.53. The lowest BCUT2D eigenvalue weighted by molar-refractivity contribution is 0.0616. The van der Waals surface area contributed by atoms with E-state index >= 15 is 0 Å². The van der Waals surface area contributed by atoms with Crippen LogP contribution in [0.25, 0.3) is 0 Å². The molecular formula is C23H32N2O4S. The molecule has 1 saturated heterocycles. The maximum Gasteiger partial charge on any atom is 0.263 e. The van der Waals surface area contributed by atoms with Crippen LogP contribution in [0.4, 0.5) is 0 Å². The molecule has 0 unspecified atom stereocenters. The van der Waals surface area contributed by atoms with Gasteiger partial charge in [0.2, 0.25) is 0 Å². The van der Waals surface area contributed by atoms with Gasteiger partial charge in [0.15, 0.2) is 11.5 Å². The number of amides is 1. The third-order valence-corrected chi connectivity index (χ3v) is 6.71. The molecule has 1 aliphatic rings. The highest BCUT2D eigenvalue weighted by Gasteiger charge is 2.27. The largest absolute Gasteiger partial charge is 0.493 e. The lowest BCUT2D eigenvalue weighted by Crippen LogP contribution is -2.48. The summed E-state index contributed by atoms with van der Waals surface area (Å²) in [4.78, 5) is 19.2. The molecule has 6 nitrogen and oxygen atoms in total. The second-order valence-electron chi connectivity index (χ2n) is 7.67. The second kappa shape index (κ2) is 10.8. The average Bonchev–Trinajstić information content (AvgIpc) is 3.25. The molecule has 1 aromatic carbocycles. The first kappa shape index (κ1) is 22.6. The van der Waals surface area contributed by atoms with Crippen LogP contribution in [0.3, 0.4) is 0 Å².